The zero-order chi connectivity index (χ0) is 20.4. The lowest BCUT2D eigenvalue weighted by Gasteiger charge is -2.39. The lowest BCUT2D eigenvalue weighted by molar-refractivity contribution is -0.143. The molecular weight excluding hydrogens is 409 g/mol. The average molecular weight is 434 g/mol. The van der Waals surface area contributed by atoms with Crippen molar-refractivity contribution >= 4 is 29.2 Å². The summed E-state index contributed by atoms with van der Waals surface area (Å²) in [5.74, 6) is 0.0122. The number of nitrogens with zero attached hydrogens (tertiary/aromatic N) is 1. The molecule has 2 aromatic rings. The predicted molar refractivity (Wildman–Crippen MR) is 115 cm³/mol. The van der Waals surface area contributed by atoms with Gasteiger partial charge in [-0.1, -0.05) is 35.3 Å². The molecule has 1 aliphatic heterocycles. The number of hydrogen-bond donors (Lipinski definition) is 1. The van der Waals surface area contributed by atoms with E-state index in [1.807, 2.05) is 24.3 Å². The average Bonchev–Trinajstić information content (AvgIpc) is 2.73. The monoisotopic (exact) mass is 433 g/mol. The number of carbonyl (C=O) groups is 1. The Morgan fingerprint density at radius 2 is 1.79 bits per heavy atom. The first-order chi connectivity index (χ1) is 14.0. The van der Waals surface area contributed by atoms with Crippen LogP contribution in [0.15, 0.2) is 36.4 Å². The van der Waals surface area contributed by atoms with E-state index in [4.69, 9.17) is 27.9 Å². The number of hydrogen-bond acceptors (Lipinski definition) is 3. The van der Waals surface area contributed by atoms with Gasteiger partial charge in [0, 0.05) is 21.7 Å². The van der Waals surface area contributed by atoms with E-state index in [-0.39, 0.29) is 5.92 Å². The molecule has 1 heterocycles. The Bertz CT molecular complexity index is 873. The minimum absolute atomic E-state index is 0.173. The van der Waals surface area contributed by atoms with Crippen LogP contribution in [-0.4, -0.2) is 35.1 Å². The molecule has 2 aliphatic rings. The number of carboxylic acids is 1. The molecule has 1 saturated heterocycles. The first kappa shape index (κ1) is 20.5. The summed E-state index contributed by atoms with van der Waals surface area (Å²) in [4.78, 5) is 13.6. The third kappa shape index (κ3) is 4.71. The summed E-state index contributed by atoms with van der Waals surface area (Å²) in [5, 5.41) is 10.4. The van der Waals surface area contributed by atoms with Crippen molar-refractivity contribution in [3.05, 3.63) is 63.1 Å². The highest BCUT2D eigenvalue weighted by atomic mass is 35.5. The predicted octanol–water partition coefficient (Wildman–Crippen LogP) is 5.23. The maximum Gasteiger partial charge on any atom is 0.306 e. The molecule has 0 radical (unpaired) electrons. The topological polar surface area (TPSA) is 49.8 Å². The number of aryl methyl sites for hydroxylation is 1. The van der Waals surface area contributed by atoms with Crippen LogP contribution in [0, 0.1) is 5.92 Å². The second kappa shape index (κ2) is 8.95. The second-order valence-corrected chi connectivity index (χ2v) is 8.78. The fourth-order valence-corrected chi connectivity index (χ4v) is 4.96. The van der Waals surface area contributed by atoms with E-state index >= 15 is 0 Å². The number of carboxylic acid groups (broad SMARTS) is 1. The van der Waals surface area contributed by atoms with Gasteiger partial charge in [-0.25, -0.2) is 0 Å². The van der Waals surface area contributed by atoms with Crippen molar-refractivity contribution in [3.8, 4) is 5.75 Å². The van der Waals surface area contributed by atoms with Crippen LogP contribution in [0.1, 0.15) is 36.0 Å². The summed E-state index contributed by atoms with van der Waals surface area (Å²) in [6, 6.07) is 12.3. The molecule has 4 rings (SSSR count). The highest BCUT2D eigenvalue weighted by Gasteiger charge is 2.30. The molecular formula is C23H25Cl2NO3. The molecule has 0 spiro atoms. The normalized spacial score (nSPS) is 20.3. The number of fused-ring (bicyclic) bond motifs is 1. The fraction of sp³-hybridized carbons (Fsp3) is 0.435. The highest BCUT2D eigenvalue weighted by Crippen LogP contribution is 2.31. The molecule has 1 fully saturated rings. The summed E-state index contributed by atoms with van der Waals surface area (Å²) in [6.45, 7) is 2.12. The molecule has 154 valence electrons. The fourth-order valence-electron chi connectivity index (χ4n) is 4.45. The van der Waals surface area contributed by atoms with Gasteiger partial charge in [-0.2, -0.15) is 0 Å². The Morgan fingerprint density at radius 3 is 2.48 bits per heavy atom. The minimum Gasteiger partial charge on any atom is -0.489 e. The van der Waals surface area contributed by atoms with Gasteiger partial charge >= 0.3 is 5.97 Å². The third-order valence-corrected chi connectivity index (χ3v) is 6.93. The molecule has 0 amide bonds. The summed E-state index contributed by atoms with van der Waals surface area (Å²) in [5.41, 5.74) is 3.51. The summed E-state index contributed by atoms with van der Waals surface area (Å²) in [7, 11) is 0. The molecule has 1 aliphatic carbocycles. The van der Waals surface area contributed by atoms with Crippen molar-refractivity contribution < 1.29 is 14.6 Å². The number of ether oxygens (including phenoxy) is 1. The van der Waals surface area contributed by atoms with Gasteiger partial charge in [0.15, 0.2) is 0 Å². The number of rotatable bonds is 5. The Balaban J connectivity index is 1.37. The molecule has 4 nitrogen and oxygen atoms in total. The van der Waals surface area contributed by atoms with Crippen molar-refractivity contribution in [2.24, 2.45) is 5.92 Å². The van der Waals surface area contributed by atoms with Gasteiger partial charge in [-0.05, 0) is 80.6 Å². The quantitative estimate of drug-likeness (QED) is 0.701. The van der Waals surface area contributed by atoms with E-state index in [1.165, 1.54) is 11.1 Å². The van der Waals surface area contributed by atoms with Crippen molar-refractivity contribution in [2.75, 3.05) is 13.1 Å². The summed E-state index contributed by atoms with van der Waals surface area (Å²) >= 11 is 12.5. The molecule has 0 bridgehead atoms. The van der Waals surface area contributed by atoms with Crippen LogP contribution >= 0.6 is 23.2 Å². The molecule has 29 heavy (non-hydrogen) atoms. The lowest BCUT2D eigenvalue weighted by Crippen LogP contribution is -2.45. The Morgan fingerprint density at radius 1 is 1.07 bits per heavy atom. The molecule has 1 unspecified atom stereocenters. The van der Waals surface area contributed by atoms with Gasteiger partial charge in [0.25, 0.3) is 0 Å². The van der Waals surface area contributed by atoms with Gasteiger partial charge in [0.1, 0.15) is 12.4 Å². The molecule has 0 aromatic heterocycles. The molecule has 0 saturated carbocycles. The van der Waals surface area contributed by atoms with Gasteiger partial charge < -0.3 is 9.84 Å². The summed E-state index contributed by atoms with van der Waals surface area (Å²) < 4.78 is 5.96. The van der Waals surface area contributed by atoms with Crippen LogP contribution in [0.5, 0.6) is 5.75 Å². The smallest absolute Gasteiger partial charge is 0.306 e. The maximum absolute atomic E-state index is 11.2. The molecule has 6 heteroatoms. The van der Waals surface area contributed by atoms with E-state index in [9.17, 15) is 9.90 Å². The van der Waals surface area contributed by atoms with Gasteiger partial charge in [-0.15, -0.1) is 0 Å². The van der Waals surface area contributed by atoms with Gasteiger partial charge in [-0.3, -0.25) is 9.69 Å². The van der Waals surface area contributed by atoms with E-state index in [0.29, 0.717) is 22.7 Å². The largest absolute Gasteiger partial charge is 0.489 e. The Labute approximate surface area is 181 Å². The van der Waals surface area contributed by atoms with E-state index in [1.54, 1.807) is 0 Å². The Kier molecular flexibility index (Phi) is 6.33. The van der Waals surface area contributed by atoms with Crippen molar-refractivity contribution in [1.29, 1.82) is 0 Å². The number of likely N-dealkylation sites (tertiary alicyclic amines) is 1. The van der Waals surface area contributed by atoms with Crippen LogP contribution in [0.4, 0.5) is 0 Å². The summed E-state index contributed by atoms with van der Waals surface area (Å²) in [6.07, 6.45) is 4.66. The van der Waals surface area contributed by atoms with E-state index < -0.39 is 5.97 Å². The minimum atomic E-state index is -0.649. The SMILES string of the molecule is O=C(O)C1CCN(C2CCc3cc(OCc4c(Cl)cccc4Cl)ccc3C2)CC1. The van der Waals surface area contributed by atoms with Crippen LogP contribution < -0.4 is 4.74 Å². The standard InChI is InChI=1S/C23H25Cl2NO3/c24-21-2-1-3-22(25)20(21)14-29-19-7-5-16-12-18(6-4-17(16)13-19)26-10-8-15(9-11-26)23(27)28/h1-3,5,7,13,15,18H,4,6,8-12,14H2,(H,27,28). The van der Waals surface area contributed by atoms with Crippen molar-refractivity contribution in [1.82, 2.24) is 4.90 Å². The highest BCUT2D eigenvalue weighted by molar-refractivity contribution is 6.35. The molecule has 2 aromatic carbocycles. The zero-order valence-electron chi connectivity index (χ0n) is 16.2. The van der Waals surface area contributed by atoms with E-state index in [2.05, 4.69) is 17.0 Å². The van der Waals surface area contributed by atoms with Crippen LogP contribution in [0.2, 0.25) is 10.0 Å². The van der Waals surface area contributed by atoms with Crippen molar-refractivity contribution in [3.63, 3.8) is 0 Å². The first-order valence-electron chi connectivity index (χ1n) is 10.2. The lowest BCUT2D eigenvalue weighted by atomic mass is 9.85. The molecule has 1 atom stereocenters. The van der Waals surface area contributed by atoms with Crippen LogP contribution in [0.3, 0.4) is 0 Å². The third-order valence-electron chi connectivity index (χ3n) is 6.22. The first-order valence-corrected chi connectivity index (χ1v) is 10.9. The number of aliphatic carboxylic acids is 1. The second-order valence-electron chi connectivity index (χ2n) is 7.96. The Hall–Kier alpha value is -1.75. The van der Waals surface area contributed by atoms with Crippen LogP contribution in [-0.2, 0) is 24.2 Å². The van der Waals surface area contributed by atoms with Gasteiger partial charge in [0.2, 0.25) is 0 Å². The maximum atomic E-state index is 11.2. The van der Waals surface area contributed by atoms with Crippen LogP contribution in [0.25, 0.3) is 0 Å². The number of benzene rings is 2. The van der Waals surface area contributed by atoms with Crippen molar-refractivity contribution in [2.45, 2.75) is 44.8 Å². The zero-order valence-corrected chi connectivity index (χ0v) is 17.8. The number of halogens is 2. The van der Waals surface area contributed by atoms with Gasteiger partial charge in [0.05, 0.1) is 5.92 Å². The number of piperidine rings is 1. The van der Waals surface area contributed by atoms with E-state index in [0.717, 1.165) is 56.5 Å². The molecule has 1 N–H and O–H groups in total.